The third-order valence-electron chi connectivity index (χ3n) is 4.15. The van der Waals surface area contributed by atoms with E-state index < -0.39 is 0 Å². The van der Waals surface area contributed by atoms with Gasteiger partial charge >= 0.3 is 6.09 Å². The number of ether oxygens (including phenoxy) is 1. The average Bonchev–Trinajstić information content (AvgIpc) is 2.82. The maximum Gasteiger partial charge on any atom is 0.410 e. The molecule has 0 aromatic heterocycles. The van der Waals surface area contributed by atoms with E-state index in [2.05, 4.69) is 0 Å². The van der Waals surface area contributed by atoms with Crippen molar-refractivity contribution in [2.45, 2.75) is 69.6 Å². The van der Waals surface area contributed by atoms with Gasteiger partial charge in [0.2, 0.25) is 0 Å². The quantitative estimate of drug-likeness (QED) is 0.805. The van der Waals surface area contributed by atoms with E-state index in [0.29, 0.717) is 12.1 Å². The van der Waals surface area contributed by atoms with E-state index in [1.165, 1.54) is 12.8 Å². The summed E-state index contributed by atoms with van der Waals surface area (Å²) in [7, 11) is 1.86. The van der Waals surface area contributed by atoms with Crippen molar-refractivity contribution in [3.05, 3.63) is 0 Å². The van der Waals surface area contributed by atoms with Crippen LogP contribution in [-0.2, 0) is 4.74 Å². The van der Waals surface area contributed by atoms with Gasteiger partial charge in [-0.25, -0.2) is 4.79 Å². The minimum Gasteiger partial charge on any atom is -0.446 e. The molecule has 17 heavy (non-hydrogen) atoms. The van der Waals surface area contributed by atoms with Gasteiger partial charge < -0.3 is 15.4 Å². The lowest BCUT2D eigenvalue weighted by molar-refractivity contribution is 0.0552. The highest BCUT2D eigenvalue weighted by Crippen LogP contribution is 2.24. The van der Waals surface area contributed by atoms with Gasteiger partial charge in [0.15, 0.2) is 0 Å². The monoisotopic (exact) mass is 240 g/mol. The second kappa shape index (κ2) is 5.71. The van der Waals surface area contributed by atoms with Gasteiger partial charge in [0, 0.05) is 19.1 Å². The molecule has 0 spiro atoms. The Morgan fingerprint density at radius 1 is 1.12 bits per heavy atom. The highest BCUT2D eigenvalue weighted by atomic mass is 16.6. The van der Waals surface area contributed by atoms with Crippen molar-refractivity contribution in [3.63, 3.8) is 0 Å². The summed E-state index contributed by atoms with van der Waals surface area (Å²) in [5.74, 6) is 0. The van der Waals surface area contributed by atoms with E-state index in [4.69, 9.17) is 10.5 Å². The van der Waals surface area contributed by atoms with Crippen LogP contribution in [0.3, 0.4) is 0 Å². The molecule has 0 saturated heterocycles. The van der Waals surface area contributed by atoms with Crippen LogP contribution in [0.5, 0.6) is 0 Å². The first-order valence-electron chi connectivity index (χ1n) is 6.86. The van der Waals surface area contributed by atoms with Crippen molar-refractivity contribution in [2.24, 2.45) is 5.73 Å². The number of hydrogen-bond donors (Lipinski definition) is 1. The van der Waals surface area contributed by atoms with Gasteiger partial charge in [-0.2, -0.15) is 0 Å². The number of carbonyl (C=O) groups excluding carboxylic acids is 1. The summed E-state index contributed by atoms with van der Waals surface area (Å²) in [6.07, 6.45) is 8.55. The number of hydrogen-bond acceptors (Lipinski definition) is 3. The molecule has 2 fully saturated rings. The van der Waals surface area contributed by atoms with Crippen LogP contribution in [0, 0.1) is 0 Å². The Morgan fingerprint density at radius 2 is 1.71 bits per heavy atom. The summed E-state index contributed by atoms with van der Waals surface area (Å²) in [5.41, 5.74) is 5.87. The third-order valence-corrected chi connectivity index (χ3v) is 4.15. The predicted octanol–water partition coefficient (Wildman–Crippen LogP) is 2.27. The van der Waals surface area contributed by atoms with E-state index in [-0.39, 0.29) is 12.2 Å². The molecular formula is C13H24N2O2. The van der Waals surface area contributed by atoms with E-state index in [1.807, 2.05) is 7.05 Å². The van der Waals surface area contributed by atoms with Crippen molar-refractivity contribution in [3.8, 4) is 0 Å². The summed E-state index contributed by atoms with van der Waals surface area (Å²) in [4.78, 5) is 13.7. The third kappa shape index (κ3) is 3.35. The lowest BCUT2D eigenvalue weighted by Gasteiger charge is -2.33. The van der Waals surface area contributed by atoms with E-state index in [0.717, 1.165) is 38.5 Å². The highest BCUT2D eigenvalue weighted by Gasteiger charge is 2.28. The topological polar surface area (TPSA) is 55.6 Å². The lowest BCUT2D eigenvalue weighted by Crippen LogP contribution is -2.42. The predicted molar refractivity (Wildman–Crippen MR) is 66.7 cm³/mol. The summed E-state index contributed by atoms with van der Waals surface area (Å²) in [6.45, 7) is 0. The van der Waals surface area contributed by atoms with Gasteiger partial charge in [-0.15, -0.1) is 0 Å². The highest BCUT2D eigenvalue weighted by molar-refractivity contribution is 5.67. The van der Waals surface area contributed by atoms with Gasteiger partial charge in [0.25, 0.3) is 0 Å². The minimum absolute atomic E-state index is 0.141. The Hall–Kier alpha value is -0.770. The summed E-state index contributed by atoms with van der Waals surface area (Å²) < 4.78 is 5.51. The van der Waals surface area contributed by atoms with E-state index in [9.17, 15) is 4.79 Å². The van der Waals surface area contributed by atoms with E-state index >= 15 is 0 Å². The van der Waals surface area contributed by atoms with Gasteiger partial charge in [-0.3, -0.25) is 0 Å². The summed E-state index contributed by atoms with van der Waals surface area (Å²) in [5, 5.41) is 0. The fraction of sp³-hybridized carbons (Fsp3) is 0.923. The number of amides is 1. The number of carbonyl (C=O) groups is 1. The van der Waals surface area contributed by atoms with Crippen LogP contribution in [0.1, 0.15) is 51.4 Å². The van der Waals surface area contributed by atoms with Crippen LogP contribution < -0.4 is 5.73 Å². The summed E-state index contributed by atoms with van der Waals surface area (Å²) >= 11 is 0. The normalized spacial score (nSPS) is 30.2. The standard InChI is InChI=1S/C13H24N2O2/c1-15(11-8-6-10(14)7-9-11)13(16)17-12-4-2-3-5-12/h10-12H,2-9,14H2,1H3. The first kappa shape index (κ1) is 12.7. The molecule has 2 aliphatic carbocycles. The number of nitrogens with zero attached hydrogens (tertiary/aromatic N) is 1. The molecule has 0 radical (unpaired) electrons. The van der Waals surface area contributed by atoms with Crippen LogP contribution in [0.4, 0.5) is 4.79 Å². The molecule has 2 N–H and O–H groups in total. The van der Waals surface area contributed by atoms with Crippen LogP contribution in [0.15, 0.2) is 0 Å². The molecule has 0 atom stereocenters. The zero-order valence-corrected chi connectivity index (χ0v) is 10.7. The summed E-state index contributed by atoms with van der Waals surface area (Å²) in [6, 6.07) is 0.647. The van der Waals surface area contributed by atoms with E-state index in [1.54, 1.807) is 4.90 Å². The molecule has 2 saturated carbocycles. The molecule has 4 nitrogen and oxygen atoms in total. The van der Waals surface area contributed by atoms with Crippen LogP contribution >= 0.6 is 0 Å². The molecule has 1 amide bonds. The van der Waals surface area contributed by atoms with Crippen molar-refractivity contribution in [1.29, 1.82) is 0 Å². The zero-order chi connectivity index (χ0) is 12.3. The number of rotatable bonds is 2. The lowest BCUT2D eigenvalue weighted by atomic mass is 9.91. The first-order chi connectivity index (χ1) is 8.16. The van der Waals surface area contributed by atoms with Crippen LogP contribution in [0.25, 0.3) is 0 Å². The zero-order valence-electron chi connectivity index (χ0n) is 10.7. The van der Waals surface area contributed by atoms with Gasteiger partial charge in [-0.05, 0) is 51.4 Å². The Morgan fingerprint density at radius 3 is 2.29 bits per heavy atom. The maximum atomic E-state index is 12.0. The Kier molecular flexibility index (Phi) is 4.26. The fourth-order valence-electron chi connectivity index (χ4n) is 2.87. The molecule has 2 aliphatic rings. The fourth-order valence-corrected chi connectivity index (χ4v) is 2.87. The molecule has 0 aromatic rings. The average molecular weight is 240 g/mol. The van der Waals surface area contributed by atoms with Crippen molar-refractivity contribution >= 4 is 6.09 Å². The second-order valence-electron chi connectivity index (χ2n) is 5.47. The van der Waals surface area contributed by atoms with Crippen molar-refractivity contribution < 1.29 is 9.53 Å². The Labute approximate surface area is 103 Å². The molecule has 0 aliphatic heterocycles. The first-order valence-corrected chi connectivity index (χ1v) is 6.86. The van der Waals surface area contributed by atoms with Crippen LogP contribution in [0.2, 0.25) is 0 Å². The van der Waals surface area contributed by atoms with Gasteiger partial charge in [0.1, 0.15) is 6.10 Å². The molecule has 0 aromatic carbocycles. The minimum atomic E-state index is -0.141. The van der Waals surface area contributed by atoms with Gasteiger partial charge in [-0.1, -0.05) is 0 Å². The molecule has 2 rings (SSSR count). The molecule has 0 heterocycles. The largest absolute Gasteiger partial charge is 0.446 e. The second-order valence-corrected chi connectivity index (χ2v) is 5.47. The smallest absolute Gasteiger partial charge is 0.410 e. The Bertz CT molecular complexity index is 256. The molecule has 4 heteroatoms. The van der Waals surface area contributed by atoms with Crippen LogP contribution in [-0.4, -0.2) is 36.2 Å². The SMILES string of the molecule is CN(C(=O)OC1CCCC1)C1CCC(N)CC1. The van der Waals surface area contributed by atoms with Gasteiger partial charge in [0.05, 0.1) is 0 Å². The Balaban J connectivity index is 1.77. The number of nitrogens with two attached hydrogens (primary N) is 1. The molecule has 0 bridgehead atoms. The van der Waals surface area contributed by atoms with Crippen molar-refractivity contribution in [2.75, 3.05) is 7.05 Å². The maximum absolute atomic E-state index is 12.0. The molecule has 98 valence electrons. The van der Waals surface area contributed by atoms with Crippen molar-refractivity contribution in [1.82, 2.24) is 4.90 Å². The molecule has 0 unspecified atom stereocenters. The molecular weight excluding hydrogens is 216 g/mol.